The Morgan fingerprint density at radius 3 is 2.69 bits per heavy atom. The van der Waals surface area contributed by atoms with Gasteiger partial charge in [-0.2, -0.15) is 0 Å². The first-order chi connectivity index (χ1) is 28.0. The number of aliphatic imine (C=N–C) groups is 1. The fourth-order valence-electron chi connectivity index (χ4n) is 12.0. The lowest BCUT2D eigenvalue weighted by Crippen LogP contribution is -2.50. The molecule has 8 nitrogen and oxygen atoms in total. The molecule has 2 aromatic heterocycles. The van der Waals surface area contributed by atoms with Crippen molar-refractivity contribution in [3.8, 4) is 39.2 Å². The zero-order chi connectivity index (χ0) is 41.1. The highest BCUT2D eigenvalue weighted by Gasteiger charge is 2.68. The predicted molar refractivity (Wildman–Crippen MR) is 238 cm³/mol. The second-order valence-corrected chi connectivity index (χ2v) is 20.0. The number of benzene rings is 1. The van der Waals surface area contributed by atoms with Crippen molar-refractivity contribution in [2.75, 3.05) is 25.5 Å². The van der Waals surface area contributed by atoms with Gasteiger partial charge in [0.05, 0.1) is 27.1 Å². The number of hydrogen-bond donors (Lipinski definition) is 6. The van der Waals surface area contributed by atoms with Gasteiger partial charge in [0.1, 0.15) is 5.75 Å². The van der Waals surface area contributed by atoms with Crippen molar-refractivity contribution >= 4 is 40.1 Å². The third-order valence-corrected chi connectivity index (χ3v) is 16.7. The van der Waals surface area contributed by atoms with Crippen LogP contribution >= 0.6 is 22.7 Å². The number of carbonyl (C=O) groups is 1. The minimum Gasteiger partial charge on any atom is -0.508 e. The minimum atomic E-state index is -0.582. The SMILES string of the molecule is CC#Cc1ccc(-c2ccc(C(=O)[C@H]3CC[C@H]4C[C@]35C[C@@](CCCCC)(CC#Cc3c(cc(O)cc3NC[C@H](C)O)C[C@H]4NC(N)=NC)[C@@]3(CCC[C@@H]3CO)C5)s2)s1. The van der Waals surface area contributed by atoms with E-state index in [0.29, 0.717) is 31.0 Å². The van der Waals surface area contributed by atoms with Gasteiger partial charge in [-0.1, -0.05) is 50.4 Å². The third kappa shape index (κ3) is 8.20. The van der Waals surface area contributed by atoms with Crippen molar-refractivity contribution in [3.63, 3.8) is 0 Å². The molecule has 3 fully saturated rings. The Labute approximate surface area is 353 Å². The molecule has 0 amide bonds. The van der Waals surface area contributed by atoms with Crippen LogP contribution in [-0.4, -0.2) is 59.4 Å². The molecule has 310 valence electrons. The summed E-state index contributed by atoms with van der Waals surface area (Å²) in [5.41, 5.74) is 8.36. The van der Waals surface area contributed by atoms with Crippen LogP contribution in [0.4, 0.5) is 5.69 Å². The van der Waals surface area contributed by atoms with E-state index in [-0.39, 0.29) is 58.2 Å². The van der Waals surface area contributed by atoms with Crippen molar-refractivity contribution in [2.24, 2.45) is 44.7 Å². The molecule has 4 aliphatic carbocycles. The van der Waals surface area contributed by atoms with Gasteiger partial charge in [0, 0.05) is 54.4 Å². The minimum absolute atomic E-state index is 0.126. The van der Waals surface area contributed by atoms with Crippen LogP contribution in [0.2, 0.25) is 0 Å². The molecule has 2 heterocycles. The Balaban J connectivity index is 1.38. The second-order valence-electron chi connectivity index (χ2n) is 17.8. The number of anilines is 1. The number of hydrogen-bond acceptors (Lipinski definition) is 8. The van der Waals surface area contributed by atoms with Gasteiger partial charge < -0.3 is 31.7 Å². The number of thiophene rings is 2. The van der Waals surface area contributed by atoms with Crippen molar-refractivity contribution in [2.45, 2.75) is 123 Å². The number of phenols is 1. The van der Waals surface area contributed by atoms with Crippen LogP contribution in [-0.2, 0) is 6.42 Å². The molecule has 7 N–H and O–H groups in total. The molecule has 58 heavy (non-hydrogen) atoms. The van der Waals surface area contributed by atoms with Crippen molar-refractivity contribution in [1.82, 2.24) is 5.32 Å². The Morgan fingerprint density at radius 1 is 1.12 bits per heavy atom. The smallest absolute Gasteiger partial charge is 0.188 e. The van der Waals surface area contributed by atoms with Crippen molar-refractivity contribution < 1.29 is 20.1 Å². The number of aliphatic hydroxyl groups is 2. The zero-order valence-electron chi connectivity index (χ0n) is 34.8. The molecule has 1 aromatic carbocycles. The quantitative estimate of drug-likeness (QED) is 0.0353. The summed E-state index contributed by atoms with van der Waals surface area (Å²) < 4.78 is 0. The molecular formula is C48H62N4O4S2. The molecule has 4 aliphatic rings. The maximum absolute atomic E-state index is 15.3. The van der Waals surface area contributed by atoms with E-state index >= 15 is 4.79 Å². The Hall–Kier alpha value is -3.80. The van der Waals surface area contributed by atoms with E-state index in [1.165, 1.54) is 0 Å². The Morgan fingerprint density at radius 2 is 1.93 bits per heavy atom. The summed E-state index contributed by atoms with van der Waals surface area (Å²) in [4.78, 5) is 23.7. The lowest BCUT2D eigenvalue weighted by molar-refractivity contribution is -0.00440. The largest absolute Gasteiger partial charge is 0.508 e. The molecule has 3 saturated carbocycles. The van der Waals surface area contributed by atoms with Crippen molar-refractivity contribution in [1.29, 1.82) is 0 Å². The number of fused-ring (bicyclic) bond motifs is 4. The number of ketones is 1. The summed E-state index contributed by atoms with van der Waals surface area (Å²) in [7, 11) is 1.70. The molecular weight excluding hydrogens is 761 g/mol. The van der Waals surface area contributed by atoms with Crippen LogP contribution < -0.4 is 16.4 Å². The maximum atomic E-state index is 15.3. The molecule has 3 aromatic rings. The monoisotopic (exact) mass is 822 g/mol. The Bertz CT molecular complexity index is 2120. The van der Waals surface area contributed by atoms with Gasteiger partial charge in [0.25, 0.3) is 0 Å². The highest BCUT2D eigenvalue weighted by molar-refractivity contribution is 7.23. The highest BCUT2D eigenvalue weighted by Crippen LogP contribution is 2.75. The van der Waals surface area contributed by atoms with E-state index in [9.17, 15) is 15.3 Å². The van der Waals surface area contributed by atoms with E-state index < -0.39 is 6.10 Å². The van der Waals surface area contributed by atoms with Gasteiger partial charge in [0.2, 0.25) is 0 Å². The first-order valence-electron chi connectivity index (χ1n) is 21.5. The Kier molecular flexibility index (Phi) is 13.0. The number of aliphatic hydroxyl groups excluding tert-OH is 2. The first-order valence-corrected chi connectivity index (χ1v) is 23.2. The molecule has 2 spiro atoms. The topological polar surface area (TPSA) is 140 Å². The molecule has 7 rings (SSSR count). The van der Waals surface area contributed by atoms with E-state index in [4.69, 9.17) is 5.73 Å². The number of nitrogens with zero attached hydrogens (tertiary/aromatic N) is 1. The van der Waals surface area contributed by atoms with Gasteiger partial charge in [-0.05, 0) is 136 Å². The summed E-state index contributed by atoms with van der Waals surface area (Å²) in [6, 6.07) is 11.8. The fraction of sp³-hybridized carbons (Fsp3) is 0.583. The first kappa shape index (κ1) is 42.3. The number of phenolic OH excluding ortho intramolecular Hbond substituents is 1. The molecule has 0 aliphatic heterocycles. The zero-order valence-corrected chi connectivity index (χ0v) is 36.4. The van der Waals surface area contributed by atoms with Gasteiger partial charge in [-0.3, -0.25) is 9.79 Å². The van der Waals surface area contributed by atoms with Gasteiger partial charge in [0.15, 0.2) is 11.7 Å². The highest BCUT2D eigenvalue weighted by atomic mass is 32.1. The van der Waals surface area contributed by atoms with Gasteiger partial charge >= 0.3 is 0 Å². The number of carbonyl (C=O) groups excluding carboxylic acids is 1. The summed E-state index contributed by atoms with van der Waals surface area (Å²) in [5.74, 6) is 14.5. The second kappa shape index (κ2) is 17.8. The van der Waals surface area contributed by atoms with E-state index in [1.54, 1.807) is 42.7 Å². The lowest BCUT2D eigenvalue weighted by Gasteiger charge is -2.48. The van der Waals surface area contributed by atoms with Crippen LogP contribution in [0.3, 0.4) is 0 Å². The summed E-state index contributed by atoms with van der Waals surface area (Å²) in [6.07, 6.45) is 12.5. The average Bonchev–Trinajstić information content (AvgIpc) is 4.01. The number of rotatable bonds is 12. The van der Waals surface area contributed by atoms with E-state index in [2.05, 4.69) is 70.5 Å². The summed E-state index contributed by atoms with van der Waals surface area (Å²) >= 11 is 3.29. The molecule has 0 radical (unpaired) electrons. The predicted octanol–water partition coefficient (Wildman–Crippen LogP) is 8.97. The van der Waals surface area contributed by atoms with Crippen LogP contribution in [0.25, 0.3) is 9.75 Å². The molecule has 0 saturated heterocycles. The number of aromatic hydroxyl groups is 1. The van der Waals surface area contributed by atoms with Crippen LogP contribution in [0.5, 0.6) is 5.75 Å². The number of unbranched alkanes of at least 4 members (excludes halogenated alkanes) is 2. The number of nitrogens with one attached hydrogen (secondary N) is 2. The van der Waals surface area contributed by atoms with Crippen LogP contribution in [0, 0.1) is 57.7 Å². The van der Waals surface area contributed by atoms with Crippen LogP contribution in [0.15, 0.2) is 41.4 Å². The third-order valence-electron chi connectivity index (χ3n) is 14.4. The maximum Gasteiger partial charge on any atom is 0.188 e. The van der Waals surface area contributed by atoms with Gasteiger partial charge in [-0.15, -0.1) is 28.6 Å². The van der Waals surface area contributed by atoms with Gasteiger partial charge in [-0.25, -0.2) is 0 Å². The molecule has 0 unspecified atom stereocenters. The normalized spacial score (nSPS) is 29.6. The van der Waals surface area contributed by atoms with E-state index in [1.807, 2.05) is 13.0 Å². The molecule has 8 atom stereocenters. The summed E-state index contributed by atoms with van der Waals surface area (Å²) in [6.45, 7) is 6.34. The number of Topliss-reactive ketones (excluding diaryl/α,β-unsaturated/α-hetero) is 1. The number of guanidine groups is 1. The summed E-state index contributed by atoms with van der Waals surface area (Å²) in [5, 5.41) is 39.5. The van der Waals surface area contributed by atoms with Crippen molar-refractivity contribution in [3.05, 3.63) is 57.3 Å². The van der Waals surface area contributed by atoms with Crippen LogP contribution in [0.1, 0.15) is 130 Å². The fourth-order valence-corrected chi connectivity index (χ4v) is 14.0. The number of nitrogens with two attached hydrogens (primary N) is 1. The average molecular weight is 823 g/mol. The standard InChI is InChI=1S/C48H62N4O4S2/c1-5-7-8-20-47-21-10-13-37-33(23-35(55)25-40(37)51-27-31(3)54)24-39(52-45(49)50-4)32-14-16-38(46(26-32,29-47)30-48(47)22-9-12-34(48)28-53)44(56)43-19-18-42(58-43)41-17-15-36(57-41)11-6-2/h15,17-19,23,25,31-32,34,38-39,51,53-55H,5,7-9,12,14,16,20-22,24,26-30H2,1-4H3,(H3,49,50,52)/t31-,32-,34+,38+,39+,46+,47+,48-/m0/s1. The molecule has 10 heteroatoms. The lowest BCUT2D eigenvalue weighted by atomic mass is 9.57. The van der Waals surface area contributed by atoms with E-state index in [0.717, 1.165) is 108 Å². The molecule has 3 bridgehead atoms.